The minimum absolute atomic E-state index is 0.145. The number of allylic oxidation sites excluding steroid dienone is 1. The minimum Gasteiger partial charge on any atom is -0.497 e. The van der Waals surface area contributed by atoms with Crippen molar-refractivity contribution in [2.24, 2.45) is 0 Å². The molecule has 0 aromatic heterocycles. The van der Waals surface area contributed by atoms with Gasteiger partial charge in [-0.15, -0.1) is 0 Å². The number of hydrogen-bond donors (Lipinski definition) is 1. The van der Waals surface area contributed by atoms with Crippen LogP contribution in [0.2, 0.25) is 0 Å². The SMILES string of the molecule is C=C(C)NOc1cc(OC)ccc1C(=O)c1ccc2cc(OC)ccc2c1. The first-order chi connectivity index (χ1) is 13.0. The van der Waals surface area contributed by atoms with E-state index in [1.165, 1.54) is 0 Å². The number of hydrogen-bond acceptors (Lipinski definition) is 5. The maximum atomic E-state index is 13.1. The predicted octanol–water partition coefficient (Wildman–Crippen LogP) is 4.51. The number of ketones is 1. The first-order valence-electron chi connectivity index (χ1n) is 8.40. The third kappa shape index (κ3) is 4.03. The quantitative estimate of drug-likeness (QED) is 0.495. The Morgan fingerprint density at radius 3 is 2.22 bits per heavy atom. The zero-order valence-corrected chi connectivity index (χ0v) is 15.5. The lowest BCUT2D eigenvalue weighted by atomic mass is 9.99. The average Bonchev–Trinajstić information content (AvgIpc) is 2.70. The van der Waals surface area contributed by atoms with Gasteiger partial charge in [-0.1, -0.05) is 24.8 Å². The van der Waals surface area contributed by atoms with Crippen molar-refractivity contribution in [2.45, 2.75) is 6.92 Å². The fraction of sp³-hybridized carbons (Fsp3) is 0.136. The van der Waals surface area contributed by atoms with Crippen molar-refractivity contribution in [3.63, 3.8) is 0 Å². The molecule has 0 aliphatic carbocycles. The second-order valence-corrected chi connectivity index (χ2v) is 6.10. The van der Waals surface area contributed by atoms with Crippen molar-refractivity contribution in [3.8, 4) is 17.2 Å². The van der Waals surface area contributed by atoms with Crippen LogP contribution >= 0.6 is 0 Å². The molecule has 0 saturated carbocycles. The molecule has 3 rings (SSSR count). The van der Waals surface area contributed by atoms with Crippen molar-refractivity contribution in [1.29, 1.82) is 0 Å². The summed E-state index contributed by atoms with van der Waals surface area (Å²) in [5.74, 6) is 1.60. The van der Waals surface area contributed by atoms with E-state index in [9.17, 15) is 4.79 Å². The smallest absolute Gasteiger partial charge is 0.196 e. The lowest BCUT2D eigenvalue weighted by Crippen LogP contribution is -2.17. The lowest BCUT2D eigenvalue weighted by molar-refractivity contribution is 0.103. The number of methoxy groups -OCH3 is 2. The van der Waals surface area contributed by atoms with Crippen molar-refractivity contribution in [2.75, 3.05) is 14.2 Å². The van der Waals surface area contributed by atoms with Gasteiger partial charge in [-0.25, -0.2) is 5.48 Å². The van der Waals surface area contributed by atoms with E-state index in [1.807, 2.05) is 30.3 Å². The monoisotopic (exact) mass is 363 g/mol. The largest absolute Gasteiger partial charge is 0.497 e. The van der Waals surface area contributed by atoms with Crippen LogP contribution in [0, 0.1) is 0 Å². The van der Waals surface area contributed by atoms with Crippen molar-refractivity contribution in [1.82, 2.24) is 5.48 Å². The lowest BCUT2D eigenvalue weighted by Gasteiger charge is -2.13. The maximum absolute atomic E-state index is 13.1. The van der Waals surface area contributed by atoms with Gasteiger partial charge in [-0.3, -0.25) is 4.79 Å². The number of rotatable bonds is 7. The van der Waals surface area contributed by atoms with E-state index in [1.54, 1.807) is 45.4 Å². The summed E-state index contributed by atoms with van der Waals surface area (Å²) in [5.41, 5.74) is 4.30. The van der Waals surface area contributed by atoms with E-state index in [0.717, 1.165) is 16.5 Å². The van der Waals surface area contributed by atoms with Crippen LogP contribution < -0.4 is 19.8 Å². The van der Waals surface area contributed by atoms with Gasteiger partial charge in [0.1, 0.15) is 11.5 Å². The van der Waals surface area contributed by atoms with Gasteiger partial charge in [-0.05, 0) is 48.0 Å². The molecule has 0 bridgehead atoms. The van der Waals surface area contributed by atoms with Crippen LogP contribution in [-0.4, -0.2) is 20.0 Å². The van der Waals surface area contributed by atoms with E-state index in [0.29, 0.717) is 28.3 Å². The second kappa shape index (κ2) is 7.83. The van der Waals surface area contributed by atoms with E-state index >= 15 is 0 Å². The molecule has 3 aromatic carbocycles. The Kier molecular flexibility index (Phi) is 5.31. The highest BCUT2D eigenvalue weighted by Gasteiger charge is 2.17. The van der Waals surface area contributed by atoms with Gasteiger partial charge in [-0.2, -0.15) is 0 Å². The van der Waals surface area contributed by atoms with Crippen LogP contribution in [0.1, 0.15) is 22.8 Å². The Morgan fingerprint density at radius 2 is 1.52 bits per heavy atom. The fourth-order valence-corrected chi connectivity index (χ4v) is 2.69. The number of carbonyl (C=O) groups is 1. The van der Waals surface area contributed by atoms with Crippen LogP contribution in [0.3, 0.4) is 0 Å². The van der Waals surface area contributed by atoms with Gasteiger partial charge in [0, 0.05) is 17.3 Å². The van der Waals surface area contributed by atoms with Crippen molar-refractivity contribution >= 4 is 16.6 Å². The Balaban J connectivity index is 1.99. The molecule has 27 heavy (non-hydrogen) atoms. The molecule has 0 atom stereocenters. The second-order valence-electron chi connectivity index (χ2n) is 6.10. The maximum Gasteiger partial charge on any atom is 0.196 e. The summed E-state index contributed by atoms with van der Waals surface area (Å²) >= 11 is 0. The third-order valence-corrected chi connectivity index (χ3v) is 4.08. The summed E-state index contributed by atoms with van der Waals surface area (Å²) in [7, 11) is 3.19. The van der Waals surface area contributed by atoms with Gasteiger partial charge in [0.05, 0.1) is 19.8 Å². The van der Waals surface area contributed by atoms with E-state index in [4.69, 9.17) is 14.3 Å². The summed E-state index contributed by atoms with van der Waals surface area (Å²) in [6.07, 6.45) is 0. The van der Waals surface area contributed by atoms with E-state index < -0.39 is 0 Å². The van der Waals surface area contributed by atoms with E-state index in [2.05, 4.69) is 12.1 Å². The van der Waals surface area contributed by atoms with Crippen LogP contribution in [0.15, 0.2) is 66.9 Å². The molecule has 0 spiro atoms. The Bertz CT molecular complexity index is 1010. The number of hydroxylamine groups is 1. The summed E-state index contributed by atoms with van der Waals surface area (Å²) < 4.78 is 10.5. The molecule has 0 unspecified atom stereocenters. The zero-order chi connectivity index (χ0) is 19.4. The highest BCUT2D eigenvalue weighted by atomic mass is 16.6. The molecule has 3 aromatic rings. The van der Waals surface area contributed by atoms with Crippen molar-refractivity contribution in [3.05, 3.63) is 78.0 Å². The first kappa shape index (κ1) is 18.3. The Morgan fingerprint density at radius 1 is 0.889 bits per heavy atom. The molecule has 1 N–H and O–H groups in total. The fourth-order valence-electron chi connectivity index (χ4n) is 2.69. The molecule has 0 fully saturated rings. The molecule has 0 amide bonds. The molecular formula is C22H21NO4. The summed E-state index contributed by atoms with van der Waals surface area (Å²) in [6, 6.07) is 16.4. The summed E-state index contributed by atoms with van der Waals surface area (Å²) in [6.45, 7) is 5.49. The number of benzene rings is 3. The highest BCUT2D eigenvalue weighted by molar-refractivity contribution is 6.12. The summed E-state index contributed by atoms with van der Waals surface area (Å²) in [5, 5.41) is 1.96. The molecule has 0 heterocycles. The summed E-state index contributed by atoms with van der Waals surface area (Å²) in [4.78, 5) is 18.6. The number of carbonyl (C=O) groups excluding carboxylic acids is 1. The molecule has 0 aliphatic heterocycles. The molecular weight excluding hydrogens is 342 g/mol. The van der Waals surface area contributed by atoms with Crippen LogP contribution in [-0.2, 0) is 0 Å². The highest BCUT2D eigenvalue weighted by Crippen LogP contribution is 2.28. The molecule has 138 valence electrons. The zero-order valence-electron chi connectivity index (χ0n) is 15.5. The first-order valence-corrected chi connectivity index (χ1v) is 8.40. The number of ether oxygens (including phenoxy) is 2. The molecule has 5 heteroatoms. The van der Waals surface area contributed by atoms with Crippen LogP contribution in [0.4, 0.5) is 0 Å². The number of nitrogens with one attached hydrogen (secondary N) is 1. The van der Waals surface area contributed by atoms with Crippen molar-refractivity contribution < 1.29 is 19.1 Å². The predicted molar refractivity (Wildman–Crippen MR) is 106 cm³/mol. The molecule has 0 saturated heterocycles. The normalized spacial score (nSPS) is 10.3. The van der Waals surface area contributed by atoms with Gasteiger partial charge in [0.2, 0.25) is 0 Å². The third-order valence-electron chi connectivity index (χ3n) is 4.08. The molecule has 0 aliphatic rings. The number of fused-ring (bicyclic) bond motifs is 1. The standard InChI is InChI=1S/C22H21NO4/c1-14(2)23-27-21-13-19(26-4)9-10-20(21)22(24)17-6-5-16-12-18(25-3)8-7-15(16)11-17/h5-13,23H,1H2,2-4H3. The van der Waals surface area contributed by atoms with Gasteiger partial charge < -0.3 is 14.3 Å². The molecule has 5 nitrogen and oxygen atoms in total. The van der Waals surface area contributed by atoms with Gasteiger partial charge >= 0.3 is 0 Å². The van der Waals surface area contributed by atoms with Crippen LogP contribution in [0.25, 0.3) is 10.8 Å². The Labute approximate surface area is 158 Å². The minimum atomic E-state index is -0.145. The Hall–Kier alpha value is -3.47. The van der Waals surface area contributed by atoms with Gasteiger partial charge in [0.25, 0.3) is 0 Å². The molecule has 0 radical (unpaired) electrons. The van der Waals surface area contributed by atoms with E-state index in [-0.39, 0.29) is 5.78 Å². The topological polar surface area (TPSA) is 56.8 Å². The van der Waals surface area contributed by atoms with Gasteiger partial charge in [0.15, 0.2) is 11.5 Å². The van der Waals surface area contributed by atoms with Crippen LogP contribution in [0.5, 0.6) is 17.2 Å². The average molecular weight is 363 g/mol.